The van der Waals surface area contributed by atoms with E-state index in [-0.39, 0.29) is 23.7 Å². The van der Waals surface area contributed by atoms with Crippen molar-refractivity contribution in [2.45, 2.75) is 94.5 Å². The van der Waals surface area contributed by atoms with Gasteiger partial charge in [0, 0.05) is 24.8 Å². The summed E-state index contributed by atoms with van der Waals surface area (Å²) >= 11 is 0. The van der Waals surface area contributed by atoms with Gasteiger partial charge in [0.2, 0.25) is 0 Å². The van der Waals surface area contributed by atoms with Gasteiger partial charge < -0.3 is 28.8 Å². The Hall–Kier alpha value is -1.22. The maximum atomic E-state index is 12.6. The minimum absolute atomic E-state index is 0.0394. The van der Waals surface area contributed by atoms with Gasteiger partial charge in [-0.15, -0.1) is 0 Å². The lowest BCUT2D eigenvalue weighted by atomic mass is 9.48. The second-order valence-electron chi connectivity index (χ2n) is 12.2. The molecule has 1 N–H and O–H groups in total. The van der Waals surface area contributed by atoms with Gasteiger partial charge in [-0.2, -0.15) is 0 Å². The van der Waals surface area contributed by atoms with E-state index in [1.165, 1.54) is 36.0 Å². The zero-order valence-corrected chi connectivity index (χ0v) is 23.4. The number of hydrogen-bond donors (Lipinski definition) is 1. The Labute approximate surface area is 228 Å². The van der Waals surface area contributed by atoms with E-state index in [1.807, 2.05) is 0 Å². The average molecular weight is 530 g/mol. The molecule has 2 saturated carbocycles. The standard InChI is InChI=1S/C31H47NO6/c1-3-13-34-14-15-35-16-17-36-18-19-37-25-9-10-31(33)26-20-24-8-7-22(2)28-27(24)30(31,29(25)38-28)11-12-32(26)21-23-5-4-6-23/h7-8,23,25-26,29,33H,3-6,9-21H2,1-2H3/t25-,26+,29-,30-,31+/m0/s1. The molecule has 0 amide bonds. The van der Waals surface area contributed by atoms with Gasteiger partial charge >= 0.3 is 0 Å². The normalized spacial score (nSPS) is 33.6. The maximum absolute atomic E-state index is 12.6. The summed E-state index contributed by atoms with van der Waals surface area (Å²) in [5.41, 5.74) is 2.71. The van der Waals surface area contributed by atoms with E-state index >= 15 is 0 Å². The Morgan fingerprint density at radius 3 is 2.42 bits per heavy atom. The molecule has 7 nitrogen and oxygen atoms in total. The largest absolute Gasteiger partial charge is 0.486 e. The Kier molecular flexibility index (Phi) is 8.05. The smallest absolute Gasteiger partial charge is 0.137 e. The van der Waals surface area contributed by atoms with E-state index < -0.39 is 5.60 Å². The summed E-state index contributed by atoms with van der Waals surface area (Å²) in [7, 11) is 0. The number of benzene rings is 1. The zero-order chi connectivity index (χ0) is 26.2. The number of ether oxygens (including phenoxy) is 5. The van der Waals surface area contributed by atoms with Gasteiger partial charge in [-0.3, -0.25) is 4.90 Å². The van der Waals surface area contributed by atoms with Crippen LogP contribution in [0.3, 0.4) is 0 Å². The van der Waals surface area contributed by atoms with Crippen molar-refractivity contribution in [1.82, 2.24) is 4.90 Å². The second kappa shape index (κ2) is 11.3. The van der Waals surface area contributed by atoms with Crippen LogP contribution in [0, 0.1) is 12.8 Å². The van der Waals surface area contributed by atoms with Crippen molar-refractivity contribution < 1.29 is 28.8 Å². The molecule has 212 valence electrons. The van der Waals surface area contributed by atoms with Gasteiger partial charge in [0.25, 0.3) is 0 Å². The molecule has 3 aliphatic carbocycles. The van der Waals surface area contributed by atoms with Gasteiger partial charge in [-0.1, -0.05) is 25.5 Å². The number of rotatable bonds is 14. The SMILES string of the molecule is CCCOCCOCCOCCO[C@H]1CC[C@@]2(O)[C@H]3Cc4ccc(C)c5c4[C@@]2(CCN3CC2CCC2)[C@H]1O5. The highest BCUT2D eigenvalue weighted by atomic mass is 16.6. The summed E-state index contributed by atoms with van der Waals surface area (Å²) in [6.07, 6.45) is 8.35. The second-order valence-corrected chi connectivity index (χ2v) is 12.2. The topological polar surface area (TPSA) is 69.6 Å². The lowest BCUT2D eigenvalue weighted by Crippen LogP contribution is -2.77. The van der Waals surface area contributed by atoms with Gasteiger partial charge in [0.1, 0.15) is 11.9 Å². The number of hydrogen-bond acceptors (Lipinski definition) is 7. The summed E-state index contributed by atoms with van der Waals surface area (Å²) in [6.45, 7) is 10.6. The highest BCUT2D eigenvalue weighted by molar-refractivity contribution is 5.60. The van der Waals surface area contributed by atoms with Crippen LogP contribution in [0.15, 0.2) is 12.1 Å². The molecule has 5 aliphatic rings. The Bertz CT molecular complexity index is 968. The van der Waals surface area contributed by atoms with Crippen LogP contribution in [-0.2, 0) is 30.8 Å². The van der Waals surface area contributed by atoms with Crippen LogP contribution in [0.1, 0.15) is 68.6 Å². The number of aryl methyl sites for hydroxylation is 1. The van der Waals surface area contributed by atoms with Gasteiger partial charge in [-0.25, -0.2) is 0 Å². The first-order valence-electron chi connectivity index (χ1n) is 15.2. The fourth-order valence-electron chi connectivity index (χ4n) is 8.07. The first-order valence-corrected chi connectivity index (χ1v) is 15.2. The molecule has 5 atom stereocenters. The molecule has 0 aromatic heterocycles. The Morgan fingerprint density at radius 1 is 0.974 bits per heavy atom. The van der Waals surface area contributed by atoms with Crippen molar-refractivity contribution >= 4 is 0 Å². The minimum atomic E-state index is -0.764. The van der Waals surface area contributed by atoms with Crippen molar-refractivity contribution in [2.24, 2.45) is 5.92 Å². The molecule has 1 aromatic rings. The van der Waals surface area contributed by atoms with Crippen molar-refractivity contribution in [2.75, 3.05) is 59.3 Å². The third-order valence-electron chi connectivity index (χ3n) is 10.1. The molecule has 2 bridgehead atoms. The fraction of sp³-hybridized carbons (Fsp3) is 0.806. The van der Waals surface area contributed by atoms with Crippen LogP contribution in [0.5, 0.6) is 5.75 Å². The molecule has 1 saturated heterocycles. The quantitative estimate of drug-likeness (QED) is 0.368. The predicted molar refractivity (Wildman–Crippen MR) is 145 cm³/mol. The van der Waals surface area contributed by atoms with E-state index in [4.69, 9.17) is 23.7 Å². The number of nitrogens with zero attached hydrogens (tertiary/aromatic N) is 1. The van der Waals surface area contributed by atoms with Crippen molar-refractivity contribution in [3.63, 3.8) is 0 Å². The Morgan fingerprint density at radius 2 is 1.71 bits per heavy atom. The molecule has 38 heavy (non-hydrogen) atoms. The molecule has 0 unspecified atom stereocenters. The van der Waals surface area contributed by atoms with Gasteiger partial charge in [0.05, 0.1) is 56.8 Å². The third-order valence-corrected chi connectivity index (χ3v) is 10.1. The number of likely N-dealkylation sites (tertiary alicyclic amines) is 1. The van der Waals surface area contributed by atoms with Crippen molar-refractivity contribution in [3.8, 4) is 5.75 Å². The molecular formula is C31H47NO6. The van der Waals surface area contributed by atoms with Crippen molar-refractivity contribution in [1.29, 1.82) is 0 Å². The van der Waals surface area contributed by atoms with Crippen LogP contribution in [0.4, 0.5) is 0 Å². The third kappa shape index (κ3) is 4.51. The lowest BCUT2D eigenvalue weighted by molar-refractivity contribution is -0.218. The van der Waals surface area contributed by atoms with Crippen LogP contribution in [0.25, 0.3) is 0 Å². The highest BCUT2D eigenvalue weighted by Crippen LogP contribution is 2.65. The number of aliphatic hydroxyl groups is 1. The maximum Gasteiger partial charge on any atom is 0.137 e. The summed E-state index contributed by atoms with van der Waals surface area (Å²) in [5.74, 6) is 1.82. The summed E-state index contributed by atoms with van der Waals surface area (Å²) in [6, 6.07) is 4.68. The van der Waals surface area contributed by atoms with E-state index in [2.05, 4.69) is 30.9 Å². The van der Waals surface area contributed by atoms with Crippen LogP contribution >= 0.6 is 0 Å². The summed E-state index contributed by atoms with van der Waals surface area (Å²) in [5, 5.41) is 12.6. The average Bonchev–Trinajstić information content (AvgIpc) is 3.24. The van der Waals surface area contributed by atoms with Crippen LogP contribution < -0.4 is 4.74 Å². The molecule has 2 aliphatic heterocycles. The highest BCUT2D eigenvalue weighted by Gasteiger charge is 2.73. The first-order chi connectivity index (χ1) is 18.6. The molecule has 1 aromatic carbocycles. The molecular weight excluding hydrogens is 482 g/mol. The van der Waals surface area contributed by atoms with Gasteiger partial charge in [0.15, 0.2) is 0 Å². The summed E-state index contributed by atoms with van der Waals surface area (Å²) < 4.78 is 30.0. The fourth-order valence-corrected chi connectivity index (χ4v) is 8.07. The zero-order valence-electron chi connectivity index (χ0n) is 23.4. The van der Waals surface area contributed by atoms with Crippen LogP contribution in [0.2, 0.25) is 0 Å². The lowest BCUT2D eigenvalue weighted by Gasteiger charge is -2.64. The van der Waals surface area contributed by atoms with Crippen molar-refractivity contribution in [3.05, 3.63) is 28.8 Å². The predicted octanol–water partition coefficient (Wildman–Crippen LogP) is 3.79. The number of piperidine rings is 1. The first kappa shape index (κ1) is 27.0. The van der Waals surface area contributed by atoms with E-state index in [9.17, 15) is 5.11 Å². The van der Waals surface area contributed by atoms with E-state index in [1.54, 1.807) is 0 Å². The molecule has 2 heterocycles. The molecule has 0 radical (unpaired) electrons. The van der Waals surface area contributed by atoms with Crippen LogP contribution in [-0.4, -0.2) is 93.2 Å². The molecule has 1 spiro atoms. The molecule has 3 fully saturated rings. The van der Waals surface area contributed by atoms with E-state index in [0.29, 0.717) is 39.6 Å². The van der Waals surface area contributed by atoms with Gasteiger partial charge in [-0.05, 0) is 75.5 Å². The monoisotopic (exact) mass is 529 g/mol. The minimum Gasteiger partial charge on any atom is -0.486 e. The molecule has 7 heteroatoms. The van der Waals surface area contributed by atoms with E-state index in [0.717, 1.165) is 63.5 Å². The molecule has 6 rings (SSSR count). The summed E-state index contributed by atoms with van der Waals surface area (Å²) in [4.78, 5) is 2.64. The Balaban J connectivity index is 1.10.